The number of hydrogen-bond donors (Lipinski definition) is 1. The lowest BCUT2D eigenvalue weighted by Crippen LogP contribution is -2.26. The largest absolute Gasteiger partial charge is 0.465 e. The topological polar surface area (TPSA) is 92.7 Å². The molecule has 0 amide bonds. The normalized spacial score (nSPS) is 27.3. The Bertz CT molecular complexity index is 948. The van der Waals surface area contributed by atoms with Crippen LogP contribution in [0.3, 0.4) is 0 Å². The van der Waals surface area contributed by atoms with Crippen molar-refractivity contribution in [2.45, 2.75) is 31.7 Å². The van der Waals surface area contributed by atoms with Crippen molar-refractivity contribution in [2.75, 3.05) is 13.4 Å². The maximum absolute atomic E-state index is 12.1. The number of carbonyl (C=O) groups excluding carboxylic acids is 1. The smallest absolute Gasteiger partial charge is 0.454 e. The van der Waals surface area contributed by atoms with Crippen LogP contribution in [-0.2, 0) is 13.8 Å². The van der Waals surface area contributed by atoms with Gasteiger partial charge in [0.05, 0.1) is 18.8 Å². The number of carbonyl (C=O) groups is 1. The molecule has 0 saturated carbocycles. The van der Waals surface area contributed by atoms with Crippen LogP contribution in [0.2, 0.25) is 0 Å². The highest BCUT2D eigenvalue weighted by atomic mass is 31.2. The first-order valence-corrected chi connectivity index (χ1v) is 10.3. The van der Waals surface area contributed by atoms with Gasteiger partial charge >= 0.3 is 14.6 Å². The standard InChI is InChI=1S/C20H19O8P/c1-11-6-17-18(24-10-23-17)7-13(11)16-8-14(21)19(26-16)9-25-29-27-15-5-3-2-4-12(15)20(22)28-29/h2-7,14,16,19,21H,8-10H2,1H3/t14?,16-,19-,29?/m1/s1. The SMILES string of the molecule is Cc1cc2c(cc1[C@H]1CC(O)[C@@H](COP3OC(=O)c4ccccc4O3)O1)OCO2. The van der Waals surface area contributed by atoms with Crippen LogP contribution in [0, 0.1) is 6.92 Å². The maximum atomic E-state index is 12.1. The quantitative estimate of drug-likeness (QED) is 0.756. The summed E-state index contributed by atoms with van der Waals surface area (Å²) in [5.41, 5.74) is 2.31. The number of aliphatic hydroxyl groups excluding tert-OH is 1. The van der Waals surface area contributed by atoms with Gasteiger partial charge in [0.1, 0.15) is 17.4 Å². The fourth-order valence-corrected chi connectivity index (χ4v) is 4.57. The molecule has 0 radical (unpaired) electrons. The van der Waals surface area contributed by atoms with Crippen molar-refractivity contribution in [1.29, 1.82) is 0 Å². The summed E-state index contributed by atoms with van der Waals surface area (Å²) in [4.78, 5) is 12.1. The zero-order valence-electron chi connectivity index (χ0n) is 15.6. The number of benzene rings is 2. The fraction of sp³-hybridized carbons (Fsp3) is 0.350. The first kappa shape index (κ1) is 18.6. The first-order valence-electron chi connectivity index (χ1n) is 9.24. The van der Waals surface area contributed by atoms with Crippen molar-refractivity contribution in [1.82, 2.24) is 0 Å². The van der Waals surface area contributed by atoms with Crippen molar-refractivity contribution in [3.63, 3.8) is 0 Å². The predicted molar refractivity (Wildman–Crippen MR) is 101 cm³/mol. The van der Waals surface area contributed by atoms with Gasteiger partial charge in [0.25, 0.3) is 0 Å². The summed E-state index contributed by atoms with van der Waals surface area (Å²) in [7, 11) is -1.89. The van der Waals surface area contributed by atoms with Gasteiger partial charge in [-0.1, -0.05) is 12.1 Å². The van der Waals surface area contributed by atoms with Crippen molar-refractivity contribution < 1.29 is 37.7 Å². The molecule has 29 heavy (non-hydrogen) atoms. The van der Waals surface area contributed by atoms with Crippen LogP contribution in [0.25, 0.3) is 0 Å². The average Bonchev–Trinajstić information content (AvgIpc) is 3.31. The Hall–Kier alpha value is -2.38. The lowest BCUT2D eigenvalue weighted by Gasteiger charge is -2.24. The van der Waals surface area contributed by atoms with Crippen LogP contribution >= 0.6 is 8.60 Å². The molecule has 1 saturated heterocycles. The Balaban J connectivity index is 1.23. The summed E-state index contributed by atoms with van der Waals surface area (Å²) in [6.07, 6.45) is -1.15. The van der Waals surface area contributed by atoms with Gasteiger partial charge in [-0.15, -0.1) is 0 Å². The number of rotatable bonds is 4. The molecule has 3 heterocycles. The molecule has 3 aliphatic heterocycles. The van der Waals surface area contributed by atoms with E-state index in [-0.39, 0.29) is 19.5 Å². The fourth-order valence-electron chi connectivity index (χ4n) is 3.60. The van der Waals surface area contributed by atoms with Gasteiger partial charge < -0.3 is 28.4 Å². The molecule has 4 atom stereocenters. The summed E-state index contributed by atoms with van der Waals surface area (Å²) >= 11 is 0. The van der Waals surface area contributed by atoms with E-state index >= 15 is 0 Å². The first-order chi connectivity index (χ1) is 14.1. The Kier molecular flexibility index (Phi) is 4.80. The molecule has 0 bridgehead atoms. The molecule has 0 aromatic heterocycles. The lowest BCUT2D eigenvalue weighted by atomic mass is 9.99. The van der Waals surface area contributed by atoms with Gasteiger partial charge in [-0.2, -0.15) is 0 Å². The predicted octanol–water partition coefficient (Wildman–Crippen LogP) is 3.41. The molecule has 5 rings (SSSR count). The Labute approximate surface area is 168 Å². The van der Waals surface area contributed by atoms with Crippen LogP contribution in [0.4, 0.5) is 0 Å². The van der Waals surface area contributed by atoms with Gasteiger partial charge in [0, 0.05) is 6.42 Å². The van der Waals surface area contributed by atoms with Gasteiger partial charge in [-0.05, 0) is 42.3 Å². The number of aliphatic hydroxyl groups is 1. The Morgan fingerprint density at radius 2 is 1.93 bits per heavy atom. The van der Waals surface area contributed by atoms with Gasteiger partial charge in [0.15, 0.2) is 11.5 Å². The summed E-state index contributed by atoms with van der Waals surface area (Å²) in [6, 6.07) is 10.6. The summed E-state index contributed by atoms with van der Waals surface area (Å²) in [5, 5.41) is 10.4. The monoisotopic (exact) mass is 418 g/mol. The second-order valence-corrected chi connectivity index (χ2v) is 8.08. The molecule has 2 aromatic carbocycles. The Morgan fingerprint density at radius 3 is 2.79 bits per heavy atom. The van der Waals surface area contributed by atoms with Crippen molar-refractivity contribution in [3.8, 4) is 17.2 Å². The molecule has 8 nitrogen and oxygen atoms in total. The van der Waals surface area contributed by atoms with Crippen LogP contribution in [0.15, 0.2) is 36.4 Å². The molecule has 2 unspecified atom stereocenters. The number of fused-ring (bicyclic) bond motifs is 2. The van der Waals surface area contributed by atoms with E-state index in [0.717, 1.165) is 11.1 Å². The minimum absolute atomic E-state index is 0.0441. The molecule has 0 aliphatic carbocycles. The number of aryl methyl sites for hydroxylation is 1. The van der Waals surface area contributed by atoms with Crippen molar-refractivity contribution in [2.24, 2.45) is 0 Å². The lowest BCUT2D eigenvalue weighted by molar-refractivity contribution is -0.0196. The van der Waals surface area contributed by atoms with E-state index in [4.69, 9.17) is 27.8 Å². The van der Waals surface area contributed by atoms with Crippen molar-refractivity contribution in [3.05, 3.63) is 53.1 Å². The van der Waals surface area contributed by atoms with Crippen LogP contribution in [-0.4, -0.2) is 36.7 Å². The van der Waals surface area contributed by atoms with E-state index in [1.165, 1.54) is 0 Å². The summed E-state index contributed by atoms with van der Waals surface area (Å²) in [5.74, 6) is 1.33. The number of para-hydroxylation sites is 1. The molecule has 1 N–H and O–H groups in total. The van der Waals surface area contributed by atoms with Crippen LogP contribution < -0.4 is 14.0 Å². The molecule has 152 valence electrons. The maximum Gasteiger partial charge on any atom is 0.465 e. The van der Waals surface area contributed by atoms with Gasteiger partial charge in [0.2, 0.25) is 6.79 Å². The number of hydrogen-bond acceptors (Lipinski definition) is 8. The highest BCUT2D eigenvalue weighted by molar-refractivity contribution is 7.43. The van der Waals surface area contributed by atoms with E-state index in [9.17, 15) is 9.90 Å². The summed E-state index contributed by atoms with van der Waals surface area (Å²) < 4.78 is 33.3. The second-order valence-electron chi connectivity index (χ2n) is 7.01. The minimum atomic E-state index is -1.89. The number of ether oxygens (including phenoxy) is 3. The van der Waals surface area contributed by atoms with Crippen LogP contribution in [0.5, 0.6) is 17.2 Å². The zero-order valence-corrected chi connectivity index (χ0v) is 16.5. The van der Waals surface area contributed by atoms with Crippen molar-refractivity contribution >= 4 is 14.6 Å². The third-order valence-electron chi connectivity index (χ3n) is 5.11. The highest BCUT2D eigenvalue weighted by Crippen LogP contribution is 2.48. The van der Waals surface area contributed by atoms with E-state index in [2.05, 4.69) is 0 Å². The van der Waals surface area contributed by atoms with Gasteiger partial charge in [-0.3, -0.25) is 4.52 Å². The van der Waals surface area contributed by atoms with E-state index < -0.39 is 26.8 Å². The second kappa shape index (κ2) is 7.46. The molecule has 1 fully saturated rings. The van der Waals surface area contributed by atoms with E-state index in [1.807, 2.05) is 19.1 Å². The third kappa shape index (κ3) is 3.53. The Morgan fingerprint density at radius 1 is 1.14 bits per heavy atom. The molecule has 2 aromatic rings. The summed E-state index contributed by atoms with van der Waals surface area (Å²) in [6.45, 7) is 2.21. The van der Waals surface area contributed by atoms with E-state index in [1.54, 1.807) is 24.3 Å². The van der Waals surface area contributed by atoms with Crippen LogP contribution in [0.1, 0.15) is 34.0 Å². The molecular formula is C20H19O8P. The molecular weight excluding hydrogens is 399 g/mol. The van der Waals surface area contributed by atoms with Gasteiger partial charge in [-0.25, -0.2) is 4.79 Å². The average molecular weight is 418 g/mol. The highest BCUT2D eigenvalue weighted by Gasteiger charge is 2.38. The third-order valence-corrected chi connectivity index (χ3v) is 6.13. The van der Waals surface area contributed by atoms with E-state index in [0.29, 0.717) is 29.2 Å². The molecule has 9 heteroatoms. The molecule has 0 spiro atoms. The zero-order chi connectivity index (χ0) is 20.0. The minimum Gasteiger partial charge on any atom is -0.454 e. The molecule has 3 aliphatic rings.